The van der Waals surface area contributed by atoms with Crippen LogP contribution in [0.4, 0.5) is 0 Å². The van der Waals surface area contributed by atoms with Crippen molar-refractivity contribution in [2.45, 2.75) is 37.7 Å². The van der Waals surface area contributed by atoms with Gasteiger partial charge in [0.05, 0.1) is 0 Å². The number of methoxy groups -OCH3 is 1. The summed E-state index contributed by atoms with van der Waals surface area (Å²) >= 11 is 0. The van der Waals surface area contributed by atoms with Gasteiger partial charge in [0.1, 0.15) is 11.4 Å². The van der Waals surface area contributed by atoms with Gasteiger partial charge < -0.3 is 9.64 Å². The van der Waals surface area contributed by atoms with Gasteiger partial charge in [-0.1, -0.05) is 19.3 Å². The molecule has 0 unspecified atom stereocenters. The second kappa shape index (κ2) is 4.09. The minimum Gasteiger partial charge on any atom is -0.370 e. The molecule has 0 atom stereocenters. The van der Waals surface area contributed by atoms with Gasteiger partial charge in [0.15, 0.2) is 0 Å². The first kappa shape index (κ1) is 10.5. The van der Waals surface area contributed by atoms with Crippen molar-refractivity contribution in [3.05, 3.63) is 0 Å². The lowest BCUT2D eigenvalue weighted by Crippen LogP contribution is -2.48. The van der Waals surface area contributed by atoms with Crippen LogP contribution in [0.3, 0.4) is 0 Å². The van der Waals surface area contributed by atoms with E-state index in [9.17, 15) is 0 Å². The summed E-state index contributed by atoms with van der Waals surface area (Å²) in [4.78, 5) is 1.86. The maximum absolute atomic E-state index is 7.99. The molecule has 0 saturated heterocycles. The number of nitrogens with zero attached hydrogens (tertiary/aromatic N) is 1. The van der Waals surface area contributed by atoms with Gasteiger partial charge in [0, 0.05) is 21.2 Å². The number of hydrogen-bond donors (Lipinski definition) is 1. The number of amidine groups is 1. The van der Waals surface area contributed by atoms with E-state index in [0.717, 1.165) is 12.8 Å². The fourth-order valence-corrected chi connectivity index (χ4v) is 2.07. The maximum Gasteiger partial charge on any atom is 0.128 e. The van der Waals surface area contributed by atoms with Crippen molar-refractivity contribution >= 4 is 5.84 Å². The molecule has 1 rings (SSSR count). The standard InChI is InChI=1S/C10H20N2O/c1-12(2)9(11)10(13-3)7-5-4-6-8-10/h11H,4-8H2,1-3H3. The minimum absolute atomic E-state index is 0.290. The van der Waals surface area contributed by atoms with Crippen molar-refractivity contribution in [2.24, 2.45) is 0 Å². The van der Waals surface area contributed by atoms with E-state index in [0.29, 0.717) is 5.84 Å². The van der Waals surface area contributed by atoms with E-state index in [1.54, 1.807) is 7.11 Å². The van der Waals surface area contributed by atoms with E-state index < -0.39 is 0 Å². The third-order valence-corrected chi connectivity index (χ3v) is 2.93. The molecule has 3 nitrogen and oxygen atoms in total. The van der Waals surface area contributed by atoms with Crippen molar-refractivity contribution in [3.63, 3.8) is 0 Å². The molecule has 13 heavy (non-hydrogen) atoms. The highest BCUT2D eigenvalue weighted by Gasteiger charge is 2.37. The summed E-state index contributed by atoms with van der Waals surface area (Å²) in [6.45, 7) is 0. The fraction of sp³-hybridized carbons (Fsp3) is 0.900. The van der Waals surface area contributed by atoms with E-state index in [-0.39, 0.29) is 5.60 Å². The first-order chi connectivity index (χ1) is 6.12. The van der Waals surface area contributed by atoms with Gasteiger partial charge in [-0.05, 0) is 12.8 Å². The summed E-state index contributed by atoms with van der Waals surface area (Å²) in [5.41, 5.74) is -0.290. The predicted octanol–water partition coefficient (Wildman–Crippen LogP) is 1.87. The second-order valence-electron chi connectivity index (χ2n) is 4.00. The maximum atomic E-state index is 7.99. The van der Waals surface area contributed by atoms with Crippen LogP contribution in [0, 0.1) is 5.41 Å². The van der Waals surface area contributed by atoms with Crippen molar-refractivity contribution in [3.8, 4) is 0 Å². The van der Waals surface area contributed by atoms with Crippen LogP contribution in [0.15, 0.2) is 0 Å². The van der Waals surface area contributed by atoms with Crippen LogP contribution in [0.2, 0.25) is 0 Å². The van der Waals surface area contributed by atoms with Crippen LogP contribution in [-0.4, -0.2) is 37.5 Å². The number of hydrogen-bond acceptors (Lipinski definition) is 2. The summed E-state index contributed by atoms with van der Waals surface area (Å²) in [5.74, 6) is 0.620. The number of ether oxygens (including phenoxy) is 1. The molecule has 0 aromatic heterocycles. The number of likely N-dealkylation sites (N-methyl/N-ethyl adjacent to an activating group) is 1. The highest BCUT2D eigenvalue weighted by atomic mass is 16.5. The van der Waals surface area contributed by atoms with E-state index in [1.165, 1.54) is 19.3 Å². The van der Waals surface area contributed by atoms with Crippen LogP contribution < -0.4 is 0 Å². The first-order valence-electron chi connectivity index (χ1n) is 4.94. The van der Waals surface area contributed by atoms with Gasteiger partial charge in [-0.15, -0.1) is 0 Å². The van der Waals surface area contributed by atoms with Crippen LogP contribution in [0.25, 0.3) is 0 Å². The molecule has 0 bridgehead atoms. The monoisotopic (exact) mass is 184 g/mol. The Bertz CT molecular complexity index is 183. The molecule has 3 heteroatoms. The fourth-order valence-electron chi connectivity index (χ4n) is 2.07. The zero-order chi connectivity index (χ0) is 9.90. The van der Waals surface area contributed by atoms with Crippen molar-refractivity contribution < 1.29 is 4.74 Å². The lowest BCUT2D eigenvalue weighted by molar-refractivity contribution is 0.0107. The summed E-state index contributed by atoms with van der Waals surface area (Å²) in [7, 11) is 5.55. The van der Waals surface area contributed by atoms with E-state index in [4.69, 9.17) is 10.1 Å². The molecule has 0 aromatic carbocycles. The van der Waals surface area contributed by atoms with Gasteiger partial charge >= 0.3 is 0 Å². The molecule has 0 aliphatic heterocycles. The molecular formula is C10H20N2O. The molecule has 0 radical (unpaired) electrons. The Morgan fingerprint density at radius 1 is 1.23 bits per heavy atom. The SMILES string of the molecule is COC1(C(=N)N(C)C)CCCCC1. The van der Waals surface area contributed by atoms with E-state index in [2.05, 4.69) is 0 Å². The molecular weight excluding hydrogens is 164 g/mol. The van der Waals surface area contributed by atoms with E-state index >= 15 is 0 Å². The Balaban J connectivity index is 2.72. The predicted molar refractivity (Wildman–Crippen MR) is 54.2 cm³/mol. The van der Waals surface area contributed by atoms with Gasteiger partial charge in [0.25, 0.3) is 0 Å². The highest BCUT2D eigenvalue weighted by molar-refractivity contribution is 5.87. The van der Waals surface area contributed by atoms with Crippen LogP contribution >= 0.6 is 0 Å². The van der Waals surface area contributed by atoms with Gasteiger partial charge in [-0.25, -0.2) is 0 Å². The van der Waals surface area contributed by atoms with Crippen LogP contribution in [-0.2, 0) is 4.74 Å². The summed E-state index contributed by atoms with van der Waals surface area (Å²) in [6, 6.07) is 0. The second-order valence-corrected chi connectivity index (χ2v) is 4.00. The molecule has 1 saturated carbocycles. The smallest absolute Gasteiger partial charge is 0.128 e. The zero-order valence-corrected chi connectivity index (χ0v) is 8.89. The largest absolute Gasteiger partial charge is 0.370 e. The summed E-state index contributed by atoms with van der Waals surface area (Å²) in [6.07, 6.45) is 5.65. The van der Waals surface area contributed by atoms with Crippen molar-refractivity contribution in [2.75, 3.05) is 21.2 Å². The molecule has 0 spiro atoms. The molecule has 0 amide bonds. The van der Waals surface area contributed by atoms with Gasteiger partial charge in [-0.2, -0.15) is 0 Å². The number of nitrogens with one attached hydrogen (secondary N) is 1. The Kier molecular flexibility index (Phi) is 3.31. The zero-order valence-electron chi connectivity index (χ0n) is 8.89. The quantitative estimate of drug-likeness (QED) is 0.525. The molecule has 1 N–H and O–H groups in total. The topological polar surface area (TPSA) is 36.3 Å². The normalized spacial score (nSPS) is 21.2. The Hall–Kier alpha value is -0.570. The molecule has 1 aliphatic rings. The summed E-state index contributed by atoms with van der Waals surface area (Å²) < 4.78 is 5.54. The summed E-state index contributed by atoms with van der Waals surface area (Å²) in [5, 5.41) is 7.99. The van der Waals surface area contributed by atoms with Crippen LogP contribution in [0.1, 0.15) is 32.1 Å². The molecule has 1 aliphatic carbocycles. The van der Waals surface area contributed by atoms with Crippen LogP contribution in [0.5, 0.6) is 0 Å². The third-order valence-electron chi connectivity index (χ3n) is 2.93. The van der Waals surface area contributed by atoms with E-state index in [1.807, 2.05) is 19.0 Å². The average molecular weight is 184 g/mol. The average Bonchev–Trinajstić information content (AvgIpc) is 2.17. The Labute approximate surface area is 80.6 Å². The lowest BCUT2D eigenvalue weighted by Gasteiger charge is -2.38. The van der Waals surface area contributed by atoms with Crippen molar-refractivity contribution in [1.29, 1.82) is 5.41 Å². The van der Waals surface area contributed by atoms with Gasteiger partial charge in [-0.3, -0.25) is 5.41 Å². The molecule has 0 heterocycles. The minimum atomic E-state index is -0.290. The Morgan fingerprint density at radius 3 is 2.15 bits per heavy atom. The molecule has 0 aromatic rings. The molecule has 76 valence electrons. The third kappa shape index (κ3) is 2.02. The lowest BCUT2D eigenvalue weighted by atomic mass is 9.83. The molecule has 1 fully saturated rings. The van der Waals surface area contributed by atoms with Crippen molar-refractivity contribution in [1.82, 2.24) is 4.90 Å². The number of rotatable bonds is 2. The Morgan fingerprint density at radius 2 is 1.77 bits per heavy atom. The highest BCUT2D eigenvalue weighted by Crippen LogP contribution is 2.32. The van der Waals surface area contributed by atoms with Gasteiger partial charge in [0.2, 0.25) is 0 Å². The first-order valence-corrected chi connectivity index (χ1v) is 4.94.